The Labute approximate surface area is 131 Å². The fourth-order valence-electron chi connectivity index (χ4n) is 3.35. The van der Waals surface area contributed by atoms with E-state index in [0.29, 0.717) is 17.6 Å². The summed E-state index contributed by atoms with van der Waals surface area (Å²) in [5, 5.41) is 3.48. The molecule has 0 spiro atoms. The molecule has 2 unspecified atom stereocenters. The van der Waals surface area contributed by atoms with Crippen LogP contribution < -0.4 is 5.32 Å². The highest BCUT2D eigenvalue weighted by Gasteiger charge is 2.28. The van der Waals surface area contributed by atoms with Gasteiger partial charge in [0, 0.05) is 26.2 Å². The van der Waals surface area contributed by atoms with Gasteiger partial charge in [-0.25, -0.2) is 0 Å². The first-order valence-electron chi connectivity index (χ1n) is 8.77. The first kappa shape index (κ1) is 17.0. The topological polar surface area (TPSA) is 24.5 Å². The van der Waals surface area contributed by atoms with Crippen molar-refractivity contribution in [2.75, 3.05) is 32.7 Å². The minimum Gasteiger partial charge on any atom is -0.372 e. The predicted molar refractivity (Wildman–Crippen MR) is 89.7 cm³/mol. The summed E-state index contributed by atoms with van der Waals surface area (Å²) in [6.45, 7) is 14.7. The second-order valence-electron chi connectivity index (χ2n) is 7.65. The molecule has 0 radical (unpaired) electrons. The Kier molecular flexibility index (Phi) is 6.27. The van der Waals surface area contributed by atoms with Gasteiger partial charge >= 0.3 is 0 Å². The van der Waals surface area contributed by atoms with Gasteiger partial charge in [-0.3, -0.25) is 4.90 Å². The lowest BCUT2D eigenvalue weighted by atomic mass is 9.83. The molecule has 0 amide bonds. The monoisotopic (exact) mass is 294 g/mol. The molecule has 3 heteroatoms. The summed E-state index contributed by atoms with van der Waals surface area (Å²) in [4.78, 5) is 2.56. The SMILES string of the molecule is CCCNCC1CCC(CN2CC=C(C(C)(C)C)CC2)O1. The van der Waals surface area contributed by atoms with Crippen molar-refractivity contribution in [1.29, 1.82) is 0 Å². The van der Waals surface area contributed by atoms with Crippen LogP contribution >= 0.6 is 0 Å². The third-order valence-electron chi connectivity index (χ3n) is 4.71. The molecule has 21 heavy (non-hydrogen) atoms. The van der Waals surface area contributed by atoms with E-state index in [0.717, 1.165) is 26.2 Å². The Bertz CT molecular complexity index is 346. The first-order valence-corrected chi connectivity index (χ1v) is 8.77. The molecular weight excluding hydrogens is 260 g/mol. The standard InChI is InChI=1S/C18H34N2O/c1-5-10-19-13-16-6-7-17(21-16)14-20-11-8-15(9-12-20)18(2,3)4/h8,16-17,19H,5-7,9-14H2,1-4H3. The number of ether oxygens (including phenoxy) is 1. The highest BCUT2D eigenvalue weighted by Crippen LogP contribution is 2.30. The average Bonchev–Trinajstić information content (AvgIpc) is 2.86. The van der Waals surface area contributed by atoms with E-state index in [4.69, 9.17) is 4.74 Å². The zero-order chi connectivity index (χ0) is 15.3. The summed E-state index contributed by atoms with van der Waals surface area (Å²) < 4.78 is 6.18. The summed E-state index contributed by atoms with van der Waals surface area (Å²) >= 11 is 0. The summed E-state index contributed by atoms with van der Waals surface area (Å²) in [7, 11) is 0. The Morgan fingerprint density at radius 2 is 2.05 bits per heavy atom. The molecule has 2 aliphatic rings. The smallest absolute Gasteiger partial charge is 0.0707 e. The normalized spacial score (nSPS) is 27.9. The van der Waals surface area contributed by atoms with Crippen LogP contribution in [0.5, 0.6) is 0 Å². The van der Waals surface area contributed by atoms with E-state index in [9.17, 15) is 0 Å². The van der Waals surface area contributed by atoms with Crippen molar-refractivity contribution < 1.29 is 4.74 Å². The summed E-state index contributed by atoms with van der Waals surface area (Å²) in [5.74, 6) is 0. The second-order valence-corrected chi connectivity index (χ2v) is 7.65. The van der Waals surface area contributed by atoms with E-state index in [1.54, 1.807) is 5.57 Å². The molecule has 0 aliphatic carbocycles. The maximum atomic E-state index is 6.18. The van der Waals surface area contributed by atoms with Crippen LogP contribution in [0, 0.1) is 5.41 Å². The lowest BCUT2D eigenvalue weighted by molar-refractivity contribution is 0.0246. The van der Waals surface area contributed by atoms with Crippen molar-refractivity contribution in [1.82, 2.24) is 10.2 Å². The van der Waals surface area contributed by atoms with Crippen LogP contribution in [0.15, 0.2) is 11.6 Å². The predicted octanol–water partition coefficient (Wildman–Crippen LogP) is 3.21. The molecule has 2 atom stereocenters. The fraction of sp³-hybridized carbons (Fsp3) is 0.889. The lowest BCUT2D eigenvalue weighted by Crippen LogP contribution is -2.37. The summed E-state index contributed by atoms with van der Waals surface area (Å²) in [6.07, 6.45) is 8.20. The van der Waals surface area contributed by atoms with E-state index < -0.39 is 0 Å². The molecule has 122 valence electrons. The minimum atomic E-state index is 0.339. The number of hydrogen-bond donors (Lipinski definition) is 1. The van der Waals surface area contributed by atoms with Gasteiger partial charge in [0.1, 0.15) is 0 Å². The van der Waals surface area contributed by atoms with E-state index >= 15 is 0 Å². The molecule has 1 fully saturated rings. The third kappa shape index (κ3) is 5.39. The molecule has 0 aromatic carbocycles. The number of nitrogens with zero attached hydrogens (tertiary/aromatic N) is 1. The molecule has 2 aliphatic heterocycles. The van der Waals surface area contributed by atoms with Crippen LogP contribution in [0.3, 0.4) is 0 Å². The molecule has 0 saturated carbocycles. The lowest BCUT2D eigenvalue weighted by Gasteiger charge is -2.33. The van der Waals surface area contributed by atoms with E-state index in [-0.39, 0.29) is 0 Å². The zero-order valence-corrected chi connectivity index (χ0v) is 14.5. The average molecular weight is 294 g/mol. The second kappa shape index (κ2) is 7.75. The van der Waals surface area contributed by atoms with E-state index in [2.05, 4.69) is 44.0 Å². The molecule has 0 aromatic heterocycles. The van der Waals surface area contributed by atoms with Gasteiger partial charge in [0.25, 0.3) is 0 Å². The molecule has 1 saturated heterocycles. The molecule has 1 N–H and O–H groups in total. The maximum Gasteiger partial charge on any atom is 0.0707 e. The van der Waals surface area contributed by atoms with Gasteiger partial charge in [0.15, 0.2) is 0 Å². The Hall–Kier alpha value is -0.380. The molecule has 2 heterocycles. The highest BCUT2D eigenvalue weighted by atomic mass is 16.5. The van der Waals surface area contributed by atoms with Gasteiger partial charge in [-0.2, -0.15) is 0 Å². The van der Waals surface area contributed by atoms with Gasteiger partial charge in [-0.05, 0) is 37.6 Å². The third-order valence-corrected chi connectivity index (χ3v) is 4.71. The van der Waals surface area contributed by atoms with E-state index in [1.807, 2.05) is 0 Å². The van der Waals surface area contributed by atoms with Crippen molar-refractivity contribution in [2.24, 2.45) is 5.41 Å². The van der Waals surface area contributed by atoms with Crippen LogP contribution in [0.2, 0.25) is 0 Å². The summed E-state index contributed by atoms with van der Waals surface area (Å²) in [6, 6.07) is 0. The van der Waals surface area contributed by atoms with E-state index in [1.165, 1.54) is 32.2 Å². The largest absolute Gasteiger partial charge is 0.372 e. The van der Waals surface area contributed by atoms with Crippen LogP contribution in [0.4, 0.5) is 0 Å². The number of nitrogens with one attached hydrogen (secondary N) is 1. The highest BCUT2D eigenvalue weighted by molar-refractivity contribution is 5.14. The zero-order valence-electron chi connectivity index (χ0n) is 14.5. The van der Waals surface area contributed by atoms with Crippen molar-refractivity contribution in [3.63, 3.8) is 0 Å². The van der Waals surface area contributed by atoms with Crippen molar-refractivity contribution >= 4 is 0 Å². The minimum absolute atomic E-state index is 0.339. The Morgan fingerprint density at radius 3 is 2.67 bits per heavy atom. The van der Waals surface area contributed by atoms with Gasteiger partial charge in [0.05, 0.1) is 12.2 Å². The first-order chi connectivity index (χ1) is 9.99. The van der Waals surface area contributed by atoms with Crippen molar-refractivity contribution in [3.8, 4) is 0 Å². The van der Waals surface area contributed by atoms with Gasteiger partial charge in [-0.15, -0.1) is 0 Å². The molecule has 0 bridgehead atoms. The van der Waals surface area contributed by atoms with Gasteiger partial charge < -0.3 is 10.1 Å². The molecule has 3 nitrogen and oxygen atoms in total. The van der Waals surface area contributed by atoms with Crippen LogP contribution in [0.25, 0.3) is 0 Å². The quantitative estimate of drug-likeness (QED) is 0.601. The van der Waals surface area contributed by atoms with Crippen molar-refractivity contribution in [3.05, 3.63) is 11.6 Å². The maximum absolute atomic E-state index is 6.18. The fourth-order valence-corrected chi connectivity index (χ4v) is 3.35. The van der Waals surface area contributed by atoms with Crippen LogP contribution in [-0.2, 0) is 4.74 Å². The van der Waals surface area contributed by atoms with Gasteiger partial charge in [0.2, 0.25) is 0 Å². The molecule has 0 aromatic rings. The van der Waals surface area contributed by atoms with Gasteiger partial charge in [-0.1, -0.05) is 39.3 Å². The van der Waals surface area contributed by atoms with Crippen LogP contribution in [0.1, 0.15) is 53.4 Å². The van der Waals surface area contributed by atoms with Crippen LogP contribution in [-0.4, -0.2) is 49.8 Å². The number of hydrogen-bond acceptors (Lipinski definition) is 3. The Balaban J connectivity index is 1.69. The molecular formula is C18H34N2O. The number of rotatable bonds is 6. The summed E-state index contributed by atoms with van der Waals surface area (Å²) in [5.41, 5.74) is 1.96. The molecule has 2 rings (SSSR count). The Morgan fingerprint density at radius 1 is 1.29 bits per heavy atom. The van der Waals surface area contributed by atoms with Crippen molar-refractivity contribution in [2.45, 2.75) is 65.6 Å².